The third kappa shape index (κ3) is 4.54. The Kier molecular flexibility index (Phi) is 6.57. The average molecular weight is 364 g/mol. The smallest absolute Gasteiger partial charge is 0.162 e. The molecule has 3 nitrogen and oxygen atoms in total. The molecule has 1 aliphatic heterocycles. The lowest BCUT2D eigenvalue weighted by Gasteiger charge is -2.41. The highest BCUT2D eigenvalue weighted by Crippen LogP contribution is 2.37. The van der Waals surface area contributed by atoms with Crippen LogP contribution in [0.3, 0.4) is 0 Å². The van der Waals surface area contributed by atoms with E-state index < -0.39 is 0 Å². The zero-order chi connectivity index (χ0) is 19.1. The van der Waals surface area contributed by atoms with E-state index in [0.29, 0.717) is 18.6 Å². The van der Waals surface area contributed by atoms with Crippen LogP contribution < -0.4 is 0 Å². The molecule has 0 spiro atoms. The second-order valence-corrected chi connectivity index (χ2v) is 7.46. The third-order valence-corrected chi connectivity index (χ3v) is 5.86. The summed E-state index contributed by atoms with van der Waals surface area (Å²) in [6.45, 7) is 4.72. The Hall–Kier alpha value is -2.26. The lowest BCUT2D eigenvalue weighted by atomic mass is 9.69. The predicted molar refractivity (Wildman–Crippen MR) is 109 cm³/mol. The van der Waals surface area contributed by atoms with Crippen LogP contribution in [0.25, 0.3) is 0 Å². The maximum atomic E-state index is 12.8. The van der Waals surface area contributed by atoms with Crippen LogP contribution in [0.5, 0.6) is 0 Å². The Bertz CT molecular complexity index is 746. The number of ketones is 2. The fourth-order valence-electron chi connectivity index (χ4n) is 4.21. The first-order chi connectivity index (χ1) is 13.2. The number of Topliss-reactive ketones (excluding diaryl/α,β-unsaturated/α-hetero) is 2. The van der Waals surface area contributed by atoms with Crippen molar-refractivity contribution in [3.05, 3.63) is 71.8 Å². The molecule has 1 aliphatic rings. The number of nitrogens with zero attached hydrogens (tertiary/aromatic N) is 1. The van der Waals surface area contributed by atoms with E-state index in [-0.39, 0.29) is 11.2 Å². The van der Waals surface area contributed by atoms with Gasteiger partial charge in [-0.25, -0.2) is 0 Å². The third-order valence-electron chi connectivity index (χ3n) is 5.86. The summed E-state index contributed by atoms with van der Waals surface area (Å²) < 4.78 is 0. The molecular weight excluding hydrogens is 334 g/mol. The molecule has 0 atom stereocenters. The molecule has 3 rings (SSSR count). The van der Waals surface area contributed by atoms with Gasteiger partial charge in [-0.05, 0) is 44.5 Å². The fraction of sp³-hybridized carbons (Fsp3) is 0.417. The van der Waals surface area contributed by atoms with Gasteiger partial charge < -0.3 is 4.90 Å². The van der Waals surface area contributed by atoms with Crippen LogP contribution in [-0.2, 0) is 10.2 Å². The molecule has 0 bridgehead atoms. The number of piperidine rings is 1. The quantitative estimate of drug-likeness (QED) is 0.640. The van der Waals surface area contributed by atoms with Crippen LogP contribution >= 0.6 is 0 Å². The summed E-state index contributed by atoms with van der Waals surface area (Å²) in [6, 6.07) is 19.8. The highest BCUT2D eigenvalue weighted by molar-refractivity contribution is 5.95. The molecule has 0 amide bonds. The Morgan fingerprint density at radius 2 is 1.52 bits per heavy atom. The Morgan fingerprint density at radius 1 is 0.926 bits per heavy atom. The zero-order valence-corrected chi connectivity index (χ0v) is 16.2. The number of carbonyl (C=O) groups excluding carboxylic acids is 2. The number of hydrogen-bond acceptors (Lipinski definition) is 3. The first-order valence-electron chi connectivity index (χ1n) is 10.0. The first-order valence-corrected chi connectivity index (χ1v) is 10.0. The lowest BCUT2D eigenvalue weighted by molar-refractivity contribution is -0.126. The van der Waals surface area contributed by atoms with Gasteiger partial charge in [0.1, 0.15) is 5.78 Å². The van der Waals surface area contributed by atoms with Gasteiger partial charge in [-0.1, -0.05) is 67.6 Å². The van der Waals surface area contributed by atoms with Gasteiger partial charge in [0.2, 0.25) is 0 Å². The lowest BCUT2D eigenvalue weighted by Crippen LogP contribution is -2.47. The molecule has 0 N–H and O–H groups in total. The number of hydrogen-bond donors (Lipinski definition) is 0. The summed E-state index contributed by atoms with van der Waals surface area (Å²) in [5, 5.41) is 0. The van der Waals surface area contributed by atoms with Crippen molar-refractivity contribution in [1.29, 1.82) is 0 Å². The molecule has 27 heavy (non-hydrogen) atoms. The van der Waals surface area contributed by atoms with Crippen molar-refractivity contribution in [2.45, 2.75) is 44.4 Å². The van der Waals surface area contributed by atoms with Crippen LogP contribution in [-0.4, -0.2) is 36.1 Å². The van der Waals surface area contributed by atoms with Crippen molar-refractivity contribution < 1.29 is 9.59 Å². The van der Waals surface area contributed by atoms with E-state index in [0.717, 1.165) is 50.0 Å². The molecule has 0 aromatic heterocycles. The second kappa shape index (κ2) is 9.09. The minimum absolute atomic E-state index is 0.215. The topological polar surface area (TPSA) is 37.4 Å². The van der Waals surface area contributed by atoms with Crippen LogP contribution in [0, 0.1) is 0 Å². The van der Waals surface area contributed by atoms with Gasteiger partial charge >= 0.3 is 0 Å². The molecule has 0 aliphatic carbocycles. The van der Waals surface area contributed by atoms with Crippen LogP contribution in [0.15, 0.2) is 60.7 Å². The molecule has 2 aromatic rings. The molecule has 1 saturated heterocycles. The van der Waals surface area contributed by atoms with Gasteiger partial charge in [-0.3, -0.25) is 9.59 Å². The molecule has 0 unspecified atom stereocenters. The first kappa shape index (κ1) is 19.5. The van der Waals surface area contributed by atoms with E-state index in [4.69, 9.17) is 0 Å². The van der Waals surface area contributed by atoms with Gasteiger partial charge in [-0.15, -0.1) is 0 Å². The maximum absolute atomic E-state index is 12.8. The van der Waals surface area contributed by atoms with E-state index >= 15 is 0 Å². The minimum Gasteiger partial charge on any atom is -0.303 e. The summed E-state index contributed by atoms with van der Waals surface area (Å²) in [7, 11) is 0. The van der Waals surface area contributed by atoms with E-state index in [2.05, 4.69) is 17.0 Å². The number of likely N-dealkylation sites (tertiary alicyclic amines) is 1. The van der Waals surface area contributed by atoms with Crippen molar-refractivity contribution in [3.8, 4) is 0 Å². The van der Waals surface area contributed by atoms with Crippen molar-refractivity contribution in [2.75, 3.05) is 19.6 Å². The molecule has 2 aromatic carbocycles. The van der Waals surface area contributed by atoms with Gasteiger partial charge in [-0.2, -0.15) is 0 Å². The Balaban J connectivity index is 1.54. The molecular formula is C24H29NO2. The maximum Gasteiger partial charge on any atom is 0.162 e. The van der Waals surface area contributed by atoms with Crippen molar-refractivity contribution in [2.24, 2.45) is 0 Å². The van der Waals surface area contributed by atoms with Crippen molar-refractivity contribution >= 4 is 11.6 Å². The number of benzene rings is 2. The predicted octanol–water partition coefficient (Wildman–Crippen LogP) is 4.66. The highest BCUT2D eigenvalue weighted by atomic mass is 16.1. The monoisotopic (exact) mass is 363 g/mol. The van der Waals surface area contributed by atoms with E-state index in [1.165, 1.54) is 0 Å². The summed E-state index contributed by atoms with van der Waals surface area (Å²) >= 11 is 0. The van der Waals surface area contributed by atoms with Crippen LogP contribution in [0.1, 0.15) is 54.9 Å². The minimum atomic E-state index is -0.327. The molecule has 1 fully saturated rings. The molecule has 0 radical (unpaired) electrons. The fourth-order valence-corrected chi connectivity index (χ4v) is 4.21. The molecule has 142 valence electrons. The Labute approximate surface area is 162 Å². The summed E-state index contributed by atoms with van der Waals surface area (Å²) in [4.78, 5) is 27.4. The summed E-state index contributed by atoms with van der Waals surface area (Å²) in [5.74, 6) is 0.569. The number of rotatable bonds is 8. The highest BCUT2D eigenvalue weighted by Gasteiger charge is 2.41. The van der Waals surface area contributed by atoms with E-state index in [1.807, 2.05) is 55.5 Å². The van der Waals surface area contributed by atoms with E-state index in [1.54, 1.807) is 0 Å². The standard InChI is InChI=1S/C24H29NO2/c1-2-23(27)24(21-12-7-4-8-13-21)15-18-25(19-16-24)17-9-14-22(26)20-10-5-3-6-11-20/h3-8,10-13H,2,9,14-19H2,1H3. The molecule has 3 heteroatoms. The molecule has 1 heterocycles. The molecule has 0 saturated carbocycles. The van der Waals surface area contributed by atoms with Crippen molar-refractivity contribution in [3.63, 3.8) is 0 Å². The number of carbonyl (C=O) groups is 2. The van der Waals surface area contributed by atoms with Gasteiger partial charge in [0, 0.05) is 18.4 Å². The van der Waals surface area contributed by atoms with Crippen LogP contribution in [0.2, 0.25) is 0 Å². The zero-order valence-electron chi connectivity index (χ0n) is 16.2. The SMILES string of the molecule is CCC(=O)C1(c2ccccc2)CCN(CCCC(=O)c2ccccc2)CC1. The van der Waals surface area contributed by atoms with Gasteiger partial charge in [0.15, 0.2) is 5.78 Å². The summed E-state index contributed by atoms with van der Waals surface area (Å²) in [6.07, 6.45) is 3.78. The van der Waals surface area contributed by atoms with Gasteiger partial charge in [0.05, 0.1) is 5.41 Å². The van der Waals surface area contributed by atoms with E-state index in [9.17, 15) is 9.59 Å². The average Bonchev–Trinajstić information content (AvgIpc) is 2.75. The van der Waals surface area contributed by atoms with Crippen LogP contribution in [0.4, 0.5) is 0 Å². The normalized spacial score (nSPS) is 16.8. The summed E-state index contributed by atoms with van der Waals surface area (Å²) in [5.41, 5.74) is 1.63. The van der Waals surface area contributed by atoms with Crippen molar-refractivity contribution in [1.82, 2.24) is 4.90 Å². The second-order valence-electron chi connectivity index (χ2n) is 7.46. The van der Waals surface area contributed by atoms with Gasteiger partial charge in [0.25, 0.3) is 0 Å². The Morgan fingerprint density at radius 3 is 2.11 bits per heavy atom. The largest absolute Gasteiger partial charge is 0.303 e.